The maximum absolute atomic E-state index is 13.0. The van der Waals surface area contributed by atoms with Crippen molar-refractivity contribution < 1.29 is 9.53 Å². The summed E-state index contributed by atoms with van der Waals surface area (Å²) in [5.74, 6) is 0.447. The summed E-state index contributed by atoms with van der Waals surface area (Å²) in [6, 6.07) is 4.88. The molecule has 2 aromatic rings. The molecular weight excluding hydrogens is 373 g/mol. The van der Waals surface area contributed by atoms with Gasteiger partial charge in [0.25, 0.3) is 0 Å². The fraction of sp³-hybridized carbons (Fsp3) is 0.368. The largest absolute Gasteiger partial charge is 0.456 e. The minimum absolute atomic E-state index is 0.391. The topological polar surface area (TPSA) is 56.2 Å². The molecule has 0 saturated carbocycles. The molecule has 0 fully saturated rings. The summed E-state index contributed by atoms with van der Waals surface area (Å²) in [6.07, 6.45) is 1.76. The Kier molecular flexibility index (Phi) is 4.80. The number of fused-ring (bicyclic) bond motifs is 1. The van der Waals surface area contributed by atoms with E-state index < -0.39 is 17.6 Å². The van der Waals surface area contributed by atoms with Gasteiger partial charge in [-0.05, 0) is 52.3 Å². The number of aryl methyl sites for hydroxylation is 1. The van der Waals surface area contributed by atoms with E-state index in [1.807, 2.05) is 40.7 Å². The van der Waals surface area contributed by atoms with Crippen molar-refractivity contribution in [1.29, 1.82) is 0 Å². The second kappa shape index (κ2) is 6.63. The zero-order valence-corrected chi connectivity index (χ0v) is 16.9. The number of carbonyl (C=O) groups is 1. The third-order valence-electron chi connectivity index (χ3n) is 4.08. The van der Waals surface area contributed by atoms with Crippen LogP contribution in [0, 0.1) is 6.92 Å². The fourth-order valence-electron chi connectivity index (χ4n) is 2.96. The zero-order valence-electron chi connectivity index (χ0n) is 15.4. The van der Waals surface area contributed by atoms with E-state index in [2.05, 4.69) is 10.4 Å². The van der Waals surface area contributed by atoms with Gasteiger partial charge in [-0.3, -0.25) is 0 Å². The molecule has 0 amide bonds. The van der Waals surface area contributed by atoms with Gasteiger partial charge in [-0.2, -0.15) is 5.10 Å². The van der Waals surface area contributed by atoms with E-state index in [9.17, 15) is 4.79 Å². The number of nitrogens with one attached hydrogen (secondary N) is 1. The lowest BCUT2D eigenvalue weighted by Gasteiger charge is -2.31. The van der Waals surface area contributed by atoms with Gasteiger partial charge in [0, 0.05) is 11.3 Å². The number of rotatable bonds is 2. The molecule has 0 saturated heterocycles. The van der Waals surface area contributed by atoms with Gasteiger partial charge in [0.05, 0.1) is 21.8 Å². The molecule has 2 heterocycles. The van der Waals surface area contributed by atoms with Gasteiger partial charge in [-0.1, -0.05) is 29.3 Å². The van der Waals surface area contributed by atoms with Crippen LogP contribution in [0.25, 0.3) is 0 Å². The Morgan fingerprint density at radius 3 is 2.54 bits per heavy atom. The maximum atomic E-state index is 13.0. The number of hydrogen-bond acceptors (Lipinski definition) is 4. The number of nitrogens with zero attached hydrogens (tertiary/aromatic N) is 2. The number of benzene rings is 1. The highest BCUT2D eigenvalue weighted by Gasteiger charge is 2.36. The predicted molar refractivity (Wildman–Crippen MR) is 104 cm³/mol. The van der Waals surface area contributed by atoms with Gasteiger partial charge in [0.1, 0.15) is 17.5 Å². The lowest BCUT2D eigenvalue weighted by molar-refractivity contribution is -0.150. The van der Waals surface area contributed by atoms with Crippen LogP contribution >= 0.6 is 23.2 Å². The number of aromatic nitrogens is 2. The first-order valence-corrected chi connectivity index (χ1v) is 9.04. The van der Waals surface area contributed by atoms with Crippen molar-refractivity contribution >= 4 is 35.0 Å². The molecule has 138 valence electrons. The Hall–Kier alpha value is -1.98. The van der Waals surface area contributed by atoms with E-state index in [-0.39, 0.29) is 0 Å². The molecule has 1 atom stereocenters. The molecule has 0 spiro atoms. The van der Waals surface area contributed by atoms with Crippen molar-refractivity contribution in [2.45, 2.75) is 46.3 Å². The van der Waals surface area contributed by atoms with E-state index >= 15 is 0 Å². The minimum Gasteiger partial charge on any atom is -0.456 e. The van der Waals surface area contributed by atoms with Crippen molar-refractivity contribution in [2.75, 3.05) is 5.32 Å². The quantitative estimate of drug-likeness (QED) is 0.718. The smallest absolute Gasteiger partial charge is 0.338 e. The number of ether oxygens (including phenoxy) is 1. The second-order valence-electron chi connectivity index (χ2n) is 7.36. The van der Waals surface area contributed by atoms with Crippen LogP contribution in [-0.2, 0) is 9.53 Å². The van der Waals surface area contributed by atoms with Gasteiger partial charge in [-0.25, -0.2) is 9.48 Å². The van der Waals surface area contributed by atoms with E-state index in [4.69, 9.17) is 27.9 Å². The first kappa shape index (κ1) is 18.8. The standard InChI is InChI=1S/C19H21Cl2N3O2/c1-10-9-22-24-16(12-6-7-13(20)14(21)8-12)15(11(2)23-17(10)24)18(25)26-19(3,4)5/h6-9,16,23H,1-5H3. The molecule has 1 aromatic carbocycles. The summed E-state index contributed by atoms with van der Waals surface area (Å²) in [5.41, 5.74) is 2.41. The summed E-state index contributed by atoms with van der Waals surface area (Å²) < 4.78 is 7.42. The molecule has 7 heteroatoms. The number of carbonyl (C=O) groups excluding carboxylic acids is 1. The Bertz CT molecular complexity index is 910. The molecule has 1 aliphatic rings. The molecule has 1 aliphatic heterocycles. The van der Waals surface area contributed by atoms with E-state index in [1.165, 1.54) is 0 Å². The Labute approximate surface area is 162 Å². The number of esters is 1. The van der Waals surface area contributed by atoms with Crippen LogP contribution in [0.2, 0.25) is 10.0 Å². The van der Waals surface area contributed by atoms with Crippen LogP contribution in [0.4, 0.5) is 5.82 Å². The minimum atomic E-state index is -0.604. The molecule has 3 rings (SSSR count). The fourth-order valence-corrected chi connectivity index (χ4v) is 3.27. The molecule has 0 bridgehead atoms. The molecule has 1 N–H and O–H groups in total. The Morgan fingerprint density at radius 2 is 1.92 bits per heavy atom. The maximum Gasteiger partial charge on any atom is 0.338 e. The number of allylic oxidation sites excluding steroid dienone is 1. The van der Waals surface area contributed by atoms with Crippen molar-refractivity contribution in [3.63, 3.8) is 0 Å². The molecular formula is C19H21Cl2N3O2. The van der Waals surface area contributed by atoms with Gasteiger partial charge >= 0.3 is 5.97 Å². The summed E-state index contributed by atoms with van der Waals surface area (Å²) in [6.45, 7) is 9.35. The summed E-state index contributed by atoms with van der Waals surface area (Å²) in [7, 11) is 0. The van der Waals surface area contributed by atoms with E-state index in [0.717, 1.165) is 22.6 Å². The number of hydrogen-bond donors (Lipinski definition) is 1. The van der Waals surface area contributed by atoms with Crippen LogP contribution in [0.1, 0.15) is 44.9 Å². The van der Waals surface area contributed by atoms with Crippen molar-refractivity contribution in [3.8, 4) is 0 Å². The van der Waals surface area contributed by atoms with Crippen LogP contribution in [0.5, 0.6) is 0 Å². The summed E-state index contributed by atoms with van der Waals surface area (Å²) in [5, 5.41) is 8.62. The van der Waals surface area contributed by atoms with Gasteiger partial charge in [0.15, 0.2) is 0 Å². The molecule has 0 radical (unpaired) electrons. The first-order valence-electron chi connectivity index (χ1n) is 8.28. The SMILES string of the molecule is CC1=C(C(=O)OC(C)(C)C)C(c2ccc(Cl)c(Cl)c2)n2ncc(C)c2N1. The summed E-state index contributed by atoms with van der Waals surface area (Å²) >= 11 is 12.3. The molecule has 5 nitrogen and oxygen atoms in total. The van der Waals surface area contributed by atoms with Gasteiger partial charge < -0.3 is 10.1 Å². The van der Waals surface area contributed by atoms with Crippen molar-refractivity contribution in [3.05, 3.63) is 56.8 Å². The Morgan fingerprint density at radius 1 is 1.23 bits per heavy atom. The monoisotopic (exact) mass is 393 g/mol. The Balaban J connectivity index is 2.16. The third kappa shape index (κ3) is 3.46. The van der Waals surface area contributed by atoms with Gasteiger partial charge in [0.2, 0.25) is 0 Å². The molecule has 0 aliphatic carbocycles. The van der Waals surface area contributed by atoms with Gasteiger partial charge in [-0.15, -0.1) is 0 Å². The average molecular weight is 394 g/mol. The highest BCUT2D eigenvalue weighted by molar-refractivity contribution is 6.42. The van der Waals surface area contributed by atoms with Crippen molar-refractivity contribution in [1.82, 2.24) is 9.78 Å². The first-order chi connectivity index (χ1) is 12.1. The normalized spacial score (nSPS) is 17.0. The molecule has 26 heavy (non-hydrogen) atoms. The highest BCUT2D eigenvalue weighted by Crippen LogP contribution is 2.39. The average Bonchev–Trinajstić information content (AvgIpc) is 2.88. The van der Waals surface area contributed by atoms with Crippen LogP contribution in [0.3, 0.4) is 0 Å². The number of anilines is 1. The third-order valence-corrected chi connectivity index (χ3v) is 4.82. The highest BCUT2D eigenvalue weighted by atomic mass is 35.5. The number of halogens is 2. The molecule has 1 unspecified atom stereocenters. The van der Waals surface area contributed by atoms with E-state index in [1.54, 1.807) is 23.0 Å². The second-order valence-corrected chi connectivity index (χ2v) is 8.18. The lowest BCUT2D eigenvalue weighted by Crippen LogP contribution is -2.33. The van der Waals surface area contributed by atoms with E-state index in [0.29, 0.717) is 15.6 Å². The lowest BCUT2D eigenvalue weighted by atomic mass is 9.95. The van der Waals surface area contributed by atoms with Crippen LogP contribution in [0.15, 0.2) is 35.7 Å². The van der Waals surface area contributed by atoms with Crippen LogP contribution < -0.4 is 5.32 Å². The summed E-state index contributed by atoms with van der Waals surface area (Å²) in [4.78, 5) is 13.0. The molecule has 1 aromatic heterocycles. The predicted octanol–water partition coefficient (Wildman–Crippen LogP) is 5.13. The zero-order chi connectivity index (χ0) is 19.2. The van der Waals surface area contributed by atoms with Crippen molar-refractivity contribution in [2.24, 2.45) is 0 Å². The van der Waals surface area contributed by atoms with Crippen LogP contribution in [-0.4, -0.2) is 21.4 Å².